The van der Waals surface area contributed by atoms with E-state index in [0.29, 0.717) is 35.2 Å². The fourth-order valence-electron chi connectivity index (χ4n) is 3.35. The summed E-state index contributed by atoms with van der Waals surface area (Å²) in [6.07, 6.45) is 2.20. The van der Waals surface area contributed by atoms with Crippen molar-refractivity contribution in [2.45, 2.75) is 42.8 Å². The maximum Gasteiger partial charge on any atom is 0.247 e. The summed E-state index contributed by atoms with van der Waals surface area (Å²) in [5.74, 6) is 3.18. The molecule has 10 heteroatoms. The van der Waals surface area contributed by atoms with Crippen molar-refractivity contribution in [2.75, 3.05) is 7.11 Å². The summed E-state index contributed by atoms with van der Waals surface area (Å²) >= 11 is 7.75. The maximum atomic E-state index is 6.21. The molecule has 8 nitrogen and oxygen atoms in total. The Morgan fingerprint density at radius 1 is 1.09 bits per heavy atom. The molecule has 1 aliphatic rings. The van der Waals surface area contributed by atoms with Crippen LogP contribution in [0.3, 0.4) is 0 Å². The predicted octanol–water partition coefficient (Wildman–Crippen LogP) is 5.76. The largest absolute Gasteiger partial charge is 0.497 e. The lowest BCUT2D eigenvalue weighted by atomic mass is 10.2. The number of thioether (sulfide) groups is 1. The maximum absolute atomic E-state index is 6.21. The molecule has 0 radical (unpaired) electrons. The van der Waals surface area contributed by atoms with E-state index < -0.39 is 0 Å². The zero-order valence-corrected chi connectivity index (χ0v) is 19.7. The molecule has 170 valence electrons. The van der Waals surface area contributed by atoms with Gasteiger partial charge in [0.2, 0.25) is 11.8 Å². The molecule has 0 aliphatic heterocycles. The SMILES string of the molecule is COc1ccc(-c2nnc([C@@H](C)Sc3nnc(COc4ccccc4Cl)n3C3CC3)o2)cc1. The third-order valence-corrected chi connectivity index (χ3v) is 6.60. The smallest absolute Gasteiger partial charge is 0.247 e. The highest BCUT2D eigenvalue weighted by atomic mass is 35.5. The van der Waals surface area contributed by atoms with Crippen LogP contribution >= 0.6 is 23.4 Å². The normalized spacial score (nSPS) is 14.3. The van der Waals surface area contributed by atoms with Crippen LogP contribution in [0.2, 0.25) is 5.02 Å². The van der Waals surface area contributed by atoms with E-state index >= 15 is 0 Å². The van der Waals surface area contributed by atoms with Gasteiger partial charge < -0.3 is 13.9 Å². The Morgan fingerprint density at radius 3 is 2.61 bits per heavy atom. The van der Waals surface area contributed by atoms with Gasteiger partial charge in [0.1, 0.15) is 18.1 Å². The van der Waals surface area contributed by atoms with Gasteiger partial charge in [-0.05, 0) is 56.2 Å². The average molecular weight is 484 g/mol. The van der Waals surface area contributed by atoms with Crippen LogP contribution in [0.1, 0.15) is 42.8 Å². The van der Waals surface area contributed by atoms with Crippen molar-refractivity contribution in [1.29, 1.82) is 0 Å². The molecule has 0 N–H and O–H groups in total. The summed E-state index contributed by atoms with van der Waals surface area (Å²) in [5, 5.41) is 18.5. The first kappa shape index (κ1) is 21.8. The second-order valence-electron chi connectivity index (χ2n) is 7.65. The van der Waals surface area contributed by atoms with Crippen molar-refractivity contribution in [3.8, 4) is 23.0 Å². The Morgan fingerprint density at radius 2 is 1.88 bits per heavy atom. The Bertz CT molecular complexity index is 1240. The number of rotatable bonds is 9. The van der Waals surface area contributed by atoms with Crippen molar-refractivity contribution in [3.05, 3.63) is 65.3 Å². The number of hydrogen-bond acceptors (Lipinski definition) is 8. The second kappa shape index (κ2) is 9.44. The van der Waals surface area contributed by atoms with Gasteiger partial charge in [0.05, 0.1) is 17.4 Å². The highest BCUT2D eigenvalue weighted by molar-refractivity contribution is 7.99. The minimum absolute atomic E-state index is 0.0939. The van der Waals surface area contributed by atoms with Gasteiger partial charge in [0.15, 0.2) is 11.0 Å². The van der Waals surface area contributed by atoms with Gasteiger partial charge in [-0.25, -0.2) is 0 Å². The molecular formula is C23H22ClN5O3S. The molecule has 2 aromatic heterocycles. The second-order valence-corrected chi connectivity index (χ2v) is 9.37. The van der Waals surface area contributed by atoms with E-state index in [2.05, 4.69) is 25.0 Å². The van der Waals surface area contributed by atoms with Crippen LogP contribution in [-0.4, -0.2) is 32.1 Å². The number of ether oxygens (including phenoxy) is 2. The average Bonchev–Trinajstić information content (AvgIpc) is 3.40. The number of aromatic nitrogens is 5. The molecule has 0 amide bonds. The van der Waals surface area contributed by atoms with E-state index in [1.54, 1.807) is 24.9 Å². The highest BCUT2D eigenvalue weighted by Crippen LogP contribution is 2.42. The fraction of sp³-hybridized carbons (Fsp3) is 0.304. The standard InChI is InChI=1S/C23H22ClN5O3S/c1-14(21-26-27-22(32-21)15-7-11-17(30-2)12-8-15)33-23-28-25-20(29(23)16-9-10-16)13-31-19-6-4-3-5-18(19)24/h3-8,11-12,14,16H,9-10,13H2,1-2H3/t14-/m1/s1. The molecule has 2 heterocycles. The number of halogens is 1. The Hall–Kier alpha value is -3.04. The summed E-state index contributed by atoms with van der Waals surface area (Å²) in [7, 11) is 1.63. The number of hydrogen-bond donors (Lipinski definition) is 0. The van der Waals surface area contributed by atoms with E-state index in [9.17, 15) is 0 Å². The molecule has 4 aromatic rings. The lowest BCUT2D eigenvalue weighted by Gasteiger charge is -2.12. The molecule has 2 aromatic carbocycles. The van der Waals surface area contributed by atoms with Gasteiger partial charge in [0, 0.05) is 11.6 Å². The lowest BCUT2D eigenvalue weighted by molar-refractivity contribution is 0.288. The van der Waals surface area contributed by atoms with Crippen molar-refractivity contribution in [3.63, 3.8) is 0 Å². The molecule has 1 aliphatic carbocycles. The summed E-state index contributed by atoms with van der Waals surface area (Å²) in [6, 6.07) is 15.3. The van der Waals surface area contributed by atoms with Crippen molar-refractivity contribution >= 4 is 23.4 Å². The van der Waals surface area contributed by atoms with Crippen LogP contribution in [0.4, 0.5) is 0 Å². The van der Waals surface area contributed by atoms with Crippen molar-refractivity contribution in [1.82, 2.24) is 25.0 Å². The van der Waals surface area contributed by atoms with E-state index in [-0.39, 0.29) is 5.25 Å². The molecule has 1 fully saturated rings. The quantitative estimate of drug-likeness (QED) is 0.278. The summed E-state index contributed by atoms with van der Waals surface area (Å²) in [5.41, 5.74) is 0.840. The van der Waals surface area contributed by atoms with Gasteiger partial charge in [-0.2, -0.15) is 0 Å². The van der Waals surface area contributed by atoms with Crippen LogP contribution < -0.4 is 9.47 Å². The Kier molecular flexibility index (Phi) is 6.24. The minimum Gasteiger partial charge on any atom is -0.497 e. The third-order valence-electron chi connectivity index (χ3n) is 5.25. The zero-order valence-electron chi connectivity index (χ0n) is 18.1. The molecule has 5 rings (SSSR count). The van der Waals surface area contributed by atoms with Gasteiger partial charge in [-0.3, -0.25) is 4.57 Å². The number of para-hydroxylation sites is 1. The molecule has 0 saturated heterocycles. The summed E-state index contributed by atoms with van der Waals surface area (Å²) < 4.78 is 19.2. The topological polar surface area (TPSA) is 88.1 Å². The van der Waals surface area contributed by atoms with E-state index in [1.165, 1.54) is 0 Å². The Balaban J connectivity index is 1.30. The first-order chi connectivity index (χ1) is 16.1. The first-order valence-corrected chi connectivity index (χ1v) is 11.8. The molecular weight excluding hydrogens is 462 g/mol. The van der Waals surface area contributed by atoms with Gasteiger partial charge in [-0.1, -0.05) is 35.5 Å². The van der Waals surface area contributed by atoms with E-state index in [1.807, 2.05) is 49.4 Å². The van der Waals surface area contributed by atoms with Crippen LogP contribution in [0, 0.1) is 0 Å². The fourth-order valence-corrected chi connectivity index (χ4v) is 4.51. The monoisotopic (exact) mass is 483 g/mol. The molecule has 1 atom stereocenters. The molecule has 33 heavy (non-hydrogen) atoms. The van der Waals surface area contributed by atoms with Crippen LogP contribution in [0.5, 0.6) is 11.5 Å². The first-order valence-electron chi connectivity index (χ1n) is 10.6. The minimum atomic E-state index is -0.0939. The van der Waals surface area contributed by atoms with E-state index in [4.69, 9.17) is 25.5 Å². The number of methoxy groups -OCH3 is 1. The van der Waals surface area contributed by atoms with Gasteiger partial charge in [-0.15, -0.1) is 20.4 Å². The van der Waals surface area contributed by atoms with Gasteiger partial charge in [0.25, 0.3) is 0 Å². The number of benzene rings is 2. The predicted molar refractivity (Wildman–Crippen MR) is 125 cm³/mol. The third kappa shape index (κ3) is 4.84. The van der Waals surface area contributed by atoms with Gasteiger partial charge >= 0.3 is 0 Å². The number of nitrogens with zero attached hydrogens (tertiary/aromatic N) is 5. The molecule has 0 spiro atoms. The van der Waals surface area contributed by atoms with Crippen LogP contribution in [-0.2, 0) is 6.61 Å². The van der Waals surface area contributed by atoms with Crippen LogP contribution in [0.15, 0.2) is 58.1 Å². The van der Waals surface area contributed by atoms with E-state index in [0.717, 1.165) is 35.1 Å². The summed E-state index contributed by atoms with van der Waals surface area (Å²) in [4.78, 5) is 0. The summed E-state index contributed by atoms with van der Waals surface area (Å²) in [6.45, 7) is 2.31. The molecule has 0 unspecified atom stereocenters. The van der Waals surface area contributed by atoms with Crippen LogP contribution in [0.25, 0.3) is 11.5 Å². The molecule has 1 saturated carbocycles. The highest BCUT2D eigenvalue weighted by Gasteiger charge is 2.31. The Labute approximate surface area is 200 Å². The van der Waals surface area contributed by atoms with Crippen molar-refractivity contribution < 1.29 is 13.9 Å². The van der Waals surface area contributed by atoms with Crippen molar-refractivity contribution in [2.24, 2.45) is 0 Å². The zero-order chi connectivity index (χ0) is 22.8. The molecule has 0 bridgehead atoms. The lowest BCUT2D eigenvalue weighted by Crippen LogP contribution is -2.07.